The number of amides is 1. The van der Waals surface area contributed by atoms with E-state index in [1.54, 1.807) is 6.08 Å². The van der Waals surface area contributed by atoms with E-state index < -0.39 is 12.1 Å². The molecule has 68 heavy (non-hydrogen) atoms. The van der Waals surface area contributed by atoms with E-state index in [2.05, 4.69) is 31.3 Å². The SMILES string of the molecule is CCCCCC/C=C\CCCCCCCC(=O)OCCCCCCCCCCCCCCCCCCCCCCC(=O)NC(CO)C(O)/C=C/CCCCCCCCCCCCCCCCCC. The van der Waals surface area contributed by atoms with Crippen LogP contribution in [0.4, 0.5) is 0 Å². The van der Waals surface area contributed by atoms with E-state index >= 15 is 0 Å². The van der Waals surface area contributed by atoms with E-state index in [4.69, 9.17) is 4.74 Å². The monoisotopic (exact) mass is 958 g/mol. The molecule has 1 amide bonds. The second-order valence-electron chi connectivity index (χ2n) is 21.0. The van der Waals surface area contributed by atoms with Crippen LogP contribution >= 0.6 is 0 Å². The summed E-state index contributed by atoms with van der Waals surface area (Å²) in [5.74, 6) is -0.0665. The lowest BCUT2D eigenvalue weighted by Gasteiger charge is -2.20. The van der Waals surface area contributed by atoms with Crippen molar-refractivity contribution in [3.63, 3.8) is 0 Å². The number of aliphatic hydroxyl groups excluding tert-OH is 2. The predicted molar refractivity (Wildman–Crippen MR) is 296 cm³/mol. The third-order valence-corrected chi connectivity index (χ3v) is 14.2. The molecule has 0 spiro atoms. The van der Waals surface area contributed by atoms with E-state index in [1.807, 2.05) is 6.08 Å². The molecule has 0 aliphatic rings. The second-order valence-corrected chi connectivity index (χ2v) is 21.0. The molecule has 0 aromatic rings. The Bertz CT molecular complexity index is 1060. The molecule has 0 radical (unpaired) electrons. The first-order valence-corrected chi connectivity index (χ1v) is 30.6. The third kappa shape index (κ3) is 53.7. The van der Waals surface area contributed by atoms with Crippen LogP contribution in [0.2, 0.25) is 0 Å². The molecule has 0 aliphatic carbocycles. The summed E-state index contributed by atoms with van der Waals surface area (Å²) in [5.41, 5.74) is 0. The highest BCUT2D eigenvalue weighted by atomic mass is 16.5. The molecule has 0 bridgehead atoms. The molecule has 2 unspecified atom stereocenters. The Kier molecular flexibility index (Phi) is 56.5. The Labute approximate surface area is 424 Å². The van der Waals surface area contributed by atoms with Crippen molar-refractivity contribution in [3.8, 4) is 0 Å². The smallest absolute Gasteiger partial charge is 0.305 e. The zero-order valence-electron chi connectivity index (χ0n) is 45.9. The molecule has 6 heteroatoms. The molecular weight excluding hydrogens is 839 g/mol. The molecule has 6 nitrogen and oxygen atoms in total. The average molecular weight is 959 g/mol. The van der Waals surface area contributed by atoms with Gasteiger partial charge in [0.15, 0.2) is 0 Å². The van der Waals surface area contributed by atoms with E-state index in [0.717, 1.165) is 44.9 Å². The summed E-state index contributed by atoms with van der Waals surface area (Å²) in [7, 11) is 0. The van der Waals surface area contributed by atoms with Gasteiger partial charge >= 0.3 is 5.97 Å². The Morgan fingerprint density at radius 1 is 0.397 bits per heavy atom. The van der Waals surface area contributed by atoms with Gasteiger partial charge in [0, 0.05) is 12.8 Å². The van der Waals surface area contributed by atoms with Gasteiger partial charge in [-0.25, -0.2) is 0 Å². The molecule has 0 fully saturated rings. The minimum absolute atomic E-state index is 0.000997. The van der Waals surface area contributed by atoms with Crippen LogP contribution in [0.5, 0.6) is 0 Å². The number of hydrogen-bond acceptors (Lipinski definition) is 5. The van der Waals surface area contributed by atoms with Crippen LogP contribution in [-0.4, -0.2) is 47.4 Å². The van der Waals surface area contributed by atoms with E-state index in [0.29, 0.717) is 19.4 Å². The first-order valence-electron chi connectivity index (χ1n) is 30.6. The van der Waals surface area contributed by atoms with Crippen LogP contribution in [0.15, 0.2) is 24.3 Å². The maximum Gasteiger partial charge on any atom is 0.305 e. The summed E-state index contributed by atoms with van der Waals surface area (Å²) in [5, 5.41) is 23.2. The molecule has 402 valence electrons. The van der Waals surface area contributed by atoms with Crippen LogP contribution in [0, 0.1) is 0 Å². The van der Waals surface area contributed by atoms with Gasteiger partial charge in [0.05, 0.1) is 25.4 Å². The van der Waals surface area contributed by atoms with Gasteiger partial charge in [0.1, 0.15) is 0 Å². The molecule has 2 atom stereocenters. The number of carbonyl (C=O) groups excluding carboxylic acids is 2. The van der Waals surface area contributed by atoms with Crippen molar-refractivity contribution in [2.24, 2.45) is 0 Å². The summed E-state index contributed by atoms with van der Waals surface area (Å²) < 4.78 is 5.47. The molecule has 3 N–H and O–H groups in total. The van der Waals surface area contributed by atoms with Crippen molar-refractivity contribution in [1.82, 2.24) is 5.32 Å². The maximum absolute atomic E-state index is 12.5. The van der Waals surface area contributed by atoms with Crippen LogP contribution in [0.25, 0.3) is 0 Å². The molecular formula is C62H119NO5. The number of allylic oxidation sites excluding steroid dienone is 3. The normalized spacial score (nSPS) is 12.7. The predicted octanol–water partition coefficient (Wildman–Crippen LogP) is 19.0. The molecule has 0 saturated carbocycles. The average Bonchev–Trinajstić information content (AvgIpc) is 3.34. The van der Waals surface area contributed by atoms with E-state index in [9.17, 15) is 19.8 Å². The Morgan fingerprint density at radius 3 is 1.06 bits per heavy atom. The number of nitrogens with one attached hydrogen (secondary N) is 1. The van der Waals surface area contributed by atoms with Gasteiger partial charge in [-0.05, 0) is 57.8 Å². The summed E-state index contributed by atoms with van der Waals surface area (Å²) >= 11 is 0. The Balaban J connectivity index is 3.43. The Hall–Kier alpha value is -1.66. The molecule has 0 rings (SSSR count). The minimum atomic E-state index is -0.846. The first kappa shape index (κ1) is 66.3. The van der Waals surface area contributed by atoms with Crippen molar-refractivity contribution in [1.29, 1.82) is 0 Å². The number of ether oxygens (including phenoxy) is 1. The number of unbranched alkanes of at least 4 members (excludes halogenated alkanes) is 44. The lowest BCUT2D eigenvalue weighted by atomic mass is 10.0. The van der Waals surface area contributed by atoms with Crippen molar-refractivity contribution in [3.05, 3.63) is 24.3 Å². The van der Waals surface area contributed by atoms with Gasteiger partial charge in [-0.2, -0.15) is 0 Å². The Morgan fingerprint density at radius 2 is 0.691 bits per heavy atom. The van der Waals surface area contributed by atoms with Crippen LogP contribution in [-0.2, 0) is 14.3 Å². The largest absolute Gasteiger partial charge is 0.466 e. The van der Waals surface area contributed by atoms with Crippen molar-refractivity contribution >= 4 is 11.9 Å². The first-order chi connectivity index (χ1) is 33.5. The van der Waals surface area contributed by atoms with Gasteiger partial charge < -0.3 is 20.3 Å². The number of esters is 1. The molecule has 0 aliphatic heterocycles. The molecule has 0 aromatic carbocycles. The lowest BCUT2D eigenvalue weighted by Crippen LogP contribution is -2.45. The topological polar surface area (TPSA) is 95.9 Å². The van der Waals surface area contributed by atoms with Crippen molar-refractivity contribution in [2.75, 3.05) is 13.2 Å². The van der Waals surface area contributed by atoms with Crippen molar-refractivity contribution in [2.45, 2.75) is 347 Å². The maximum atomic E-state index is 12.5. The third-order valence-electron chi connectivity index (χ3n) is 14.2. The van der Waals surface area contributed by atoms with Gasteiger partial charge in [-0.1, -0.05) is 289 Å². The summed E-state index contributed by atoms with van der Waals surface area (Å²) in [4.78, 5) is 24.5. The fourth-order valence-electron chi connectivity index (χ4n) is 9.51. The number of aliphatic hydroxyl groups is 2. The highest BCUT2D eigenvalue weighted by Gasteiger charge is 2.18. The van der Waals surface area contributed by atoms with Crippen LogP contribution in [0.3, 0.4) is 0 Å². The fraction of sp³-hybridized carbons (Fsp3) is 0.903. The number of hydrogen-bond donors (Lipinski definition) is 3. The molecule has 0 aromatic heterocycles. The van der Waals surface area contributed by atoms with Gasteiger partial charge in [-0.15, -0.1) is 0 Å². The standard InChI is InChI=1S/C62H119NO5/c1-3-5-7-9-11-13-15-17-18-19-24-27-31-34-38-42-46-50-54-60(65)59(58-64)63-61(66)55-51-47-43-39-35-32-28-25-22-20-21-23-26-29-33-37-41-45-49-53-57-68-62(67)56-52-48-44-40-36-30-16-14-12-10-8-6-4-2/h14,16,50,54,59-60,64-65H,3-13,15,17-49,51-53,55-58H2,1-2H3,(H,63,66)/b16-14-,54-50+. The van der Waals surface area contributed by atoms with Crippen molar-refractivity contribution < 1.29 is 24.5 Å². The number of rotatable bonds is 57. The van der Waals surface area contributed by atoms with Gasteiger partial charge in [0.25, 0.3) is 0 Å². The summed E-state index contributed by atoms with van der Waals surface area (Å²) in [6, 6.07) is -0.629. The highest BCUT2D eigenvalue weighted by molar-refractivity contribution is 5.76. The highest BCUT2D eigenvalue weighted by Crippen LogP contribution is 2.17. The lowest BCUT2D eigenvalue weighted by molar-refractivity contribution is -0.143. The quantitative estimate of drug-likeness (QED) is 0.0321. The van der Waals surface area contributed by atoms with Crippen LogP contribution < -0.4 is 5.32 Å². The zero-order valence-corrected chi connectivity index (χ0v) is 45.9. The summed E-state index contributed by atoms with van der Waals surface area (Å²) in [6.07, 6.45) is 70.6. The van der Waals surface area contributed by atoms with E-state index in [-0.39, 0.29) is 18.5 Å². The fourth-order valence-corrected chi connectivity index (χ4v) is 9.51. The zero-order chi connectivity index (χ0) is 49.3. The van der Waals surface area contributed by atoms with E-state index in [1.165, 1.54) is 263 Å². The minimum Gasteiger partial charge on any atom is -0.466 e. The summed E-state index contributed by atoms with van der Waals surface area (Å²) in [6.45, 7) is 4.90. The number of carbonyl (C=O) groups is 2. The van der Waals surface area contributed by atoms with Gasteiger partial charge in [0.2, 0.25) is 5.91 Å². The molecule has 0 saturated heterocycles. The molecule has 0 heterocycles. The second kappa shape index (κ2) is 57.9. The van der Waals surface area contributed by atoms with Crippen LogP contribution in [0.1, 0.15) is 335 Å². The van der Waals surface area contributed by atoms with Gasteiger partial charge in [-0.3, -0.25) is 9.59 Å².